The van der Waals surface area contributed by atoms with Crippen molar-refractivity contribution in [1.29, 1.82) is 0 Å². The summed E-state index contributed by atoms with van der Waals surface area (Å²) >= 11 is 0. The van der Waals surface area contributed by atoms with Gasteiger partial charge in [-0.3, -0.25) is 4.79 Å². The number of hydrogen-bond donors (Lipinski definition) is 2. The molecule has 1 aliphatic carbocycles. The van der Waals surface area contributed by atoms with Crippen LogP contribution in [0.4, 0.5) is 5.69 Å². The van der Waals surface area contributed by atoms with Gasteiger partial charge in [-0.2, -0.15) is 0 Å². The molecule has 1 fully saturated rings. The molecule has 1 saturated carbocycles. The van der Waals surface area contributed by atoms with Crippen LogP contribution in [0.5, 0.6) is 0 Å². The van der Waals surface area contributed by atoms with Gasteiger partial charge in [0, 0.05) is 19.7 Å². The molecule has 0 aromatic carbocycles. The molecule has 92 valence electrons. The molecule has 2 rings (SSSR count). The van der Waals surface area contributed by atoms with E-state index in [0.717, 1.165) is 6.54 Å². The van der Waals surface area contributed by atoms with Gasteiger partial charge in [-0.05, 0) is 18.8 Å². The molecule has 0 aliphatic heterocycles. The summed E-state index contributed by atoms with van der Waals surface area (Å²) in [7, 11) is 1.76. The molecular formula is C12H17N3O2. The third kappa shape index (κ3) is 2.43. The van der Waals surface area contributed by atoms with Crippen molar-refractivity contribution in [3.8, 4) is 0 Å². The van der Waals surface area contributed by atoms with Gasteiger partial charge in [-0.1, -0.05) is 6.58 Å². The van der Waals surface area contributed by atoms with Crippen molar-refractivity contribution in [3.05, 3.63) is 24.2 Å². The normalized spacial score (nSPS) is 14.6. The van der Waals surface area contributed by atoms with Crippen molar-refractivity contribution in [2.24, 2.45) is 11.7 Å². The van der Waals surface area contributed by atoms with E-state index in [-0.39, 0.29) is 23.1 Å². The van der Waals surface area contributed by atoms with Gasteiger partial charge in [0.25, 0.3) is 5.91 Å². The number of carbonyl (C=O) groups is 1. The van der Waals surface area contributed by atoms with E-state index in [4.69, 9.17) is 15.9 Å². The highest BCUT2D eigenvalue weighted by molar-refractivity contribution is 5.93. The molecule has 0 spiro atoms. The number of nitrogen functional groups attached to an aromatic ring is 1. The van der Waals surface area contributed by atoms with E-state index in [9.17, 15) is 4.79 Å². The second-order valence-corrected chi connectivity index (χ2v) is 4.55. The number of carbonyl (C=O) groups excluding carboxylic acids is 1. The molecule has 0 radical (unpaired) electrons. The summed E-state index contributed by atoms with van der Waals surface area (Å²) in [5.74, 6) is 0.969. The Morgan fingerprint density at radius 3 is 2.76 bits per heavy atom. The zero-order chi connectivity index (χ0) is 12.6. The SMILES string of the molecule is C=C(N)c1oc(C(=O)N(C)CC2CC2)cc1N. The number of anilines is 1. The van der Waals surface area contributed by atoms with E-state index in [2.05, 4.69) is 6.58 Å². The molecule has 1 aromatic heterocycles. The molecule has 0 unspecified atom stereocenters. The van der Waals surface area contributed by atoms with Crippen molar-refractivity contribution >= 4 is 17.3 Å². The fourth-order valence-corrected chi connectivity index (χ4v) is 1.72. The van der Waals surface area contributed by atoms with E-state index >= 15 is 0 Å². The zero-order valence-electron chi connectivity index (χ0n) is 9.90. The van der Waals surface area contributed by atoms with Gasteiger partial charge in [0.1, 0.15) is 0 Å². The molecule has 1 heterocycles. The van der Waals surface area contributed by atoms with Gasteiger partial charge < -0.3 is 20.8 Å². The molecule has 4 N–H and O–H groups in total. The molecule has 1 amide bonds. The summed E-state index contributed by atoms with van der Waals surface area (Å²) in [6, 6.07) is 1.50. The highest BCUT2D eigenvalue weighted by Crippen LogP contribution is 2.30. The summed E-state index contributed by atoms with van der Waals surface area (Å²) < 4.78 is 5.32. The number of furan rings is 1. The van der Waals surface area contributed by atoms with Crippen LogP contribution in [-0.4, -0.2) is 24.4 Å². The average molecular weight is 235 g/mol. The minimum Gasteiger partial charge on any atom is -0.447 e. The summed E-state index contributed by atoms with van der Waals surface area (Å²) in [4.78, 5) is 13.7. The Kier molecular flexibility index (Phi) is 2.83. The van der Waals surface area contributed by atoms with Crippen molar-refractivity contribution in [2.45, 2.75) is 12.8 Å². The fraction of sp³-hybridized carbons (Fsp3) is 0.417. The molecule has 1 aromatic rings. The minimum atomic E-state index is -0.170. The van der Waals surface area contributed by atoms with Crippen LogP contribution in [0.15, 0.2) is 17.1 Å². The zero-order valence-corrected chi connectivity index (χ0v) is 9.90. The largest absolute Gasteiger partial charge is 0.447 e. The van der Waals surface area contributed by atoms with Gasteiger partial charge in [0.2, 0.25) is 0 Å². The van der Waals surface area contributed by atoms with Crippen LogP contribution in [0.2, 0.25) is 0 Å². The predicted molar refractivity (Wildman–Crippen MR) is 66.0 cm³/mol. The number of rotatable bonds is 4. The molecule has 0 bridgehead atoms. The highest BCUT2D eigenvalue weighted by Gasteiger charge is 2.27. The van der Waals surface area contributed by atoms with Crippen LogP contribution in [0.1, 0.15) is 29.2 Å². The first-order valence-electron chi connectivity index (χ1n) is 5.58. The predicted octanol–water partition coefficient (Wildman–Crippen LogP) is 1.27. The summed E-state index contributed by atoms with van der Waals surface area (Å²) in [5.41, 5.74) is 11.8. The molecule has 17 heavy (non-hydrogen) atoms. The van der Waals surface area contributed by atoms with Crippen LogP contribution < -0.4 is 11.5 Å². The van der Waals surface area contributed by atoms with Crippen molar-refractivity contribution in [3.63, 3.8) is 0 Å². The van der Waals surface area contributed by atoms with Crippen molar-refractivity contribution in [2.75, 3.05) is 19.3 Å². The van der Waals surface area contributed by atoms with E-state index in [1.807, 2.05) is 0 Å². The van der Waals surface area contributed by atoms with E-state index < -0.39 is 0 Å². The number of nitrogens with zero attached hydrogens (tertiary/aromatic N) is 1. The van der Waals surface area contributed by atoms with E-state index in [1.165, 1.54) is 18.9 Å². The second kappa shape index (κ2) is 4.16. The molecule has 0 saturated heterocycles. The van der Waals surface area contributed by atoms with Gasteiger partial charge in [-0.25, -0.2) is 0 Å². The van der Waals surface area contributed by atoms with Crippen LogP contribution in [-0.2, 0) is 0 Å². The minimum absolute atomic E-state index is 0.170. The van der Waals surface area contributed by atoms with E-state index in [0.29, 0.717) is 11.6 Å². The maximum absolute atomic E-state index is 12.0. The maximum atomic E-state index is 12.0. The van der Waals surface area contributed by atoms with Gasteiger partial charge in [0.05, 0.1) is 11.4 Å². The summed E-state index contributed by atoms with van der Waals surface area (Å²) in [6.07, 6.45) is 2.39. The number of amides is 1. The van der Waals surface area contributed by atoms with Gasteiger partial charge in [-0.15, -0.1) is 0 Å². The molecular weight excluding hydrogens is 218 g/mol. The summed E-state index contributed by atoms with van der Waals surface area (Å²) in [6.45, 7) is 4.30. The fourth-order valence-electron chi connectivity index (χ4n) is 1.72. The molecule has 5 heteroatoms. The monoisotopic (exact) mass is 235 g/mol. The third-order valence-electron chi connectivity index (χ3n) is 2.84. The van der Waals surface area contributed by atoms with Crippen LogP contribution in [0, 0.1) is 5.92 Å². The lowest BCUT2D eigenvalue weighted by atomic mass is 10.3. The Hall–Kier alpha value is -1.91. The lowest BCUT2D eigenvalue weighted by Crippen LogP contribution is -2.28. The first kappa shape index (κ1) is 11.6. The van der Waals surface area contributed by atoms with Crippen LogP contribution in [0.25, 0.3) is 5.70 Å². The first-order chi connectivity index (χ1) is 7.99. The van der Waals surface area contributed by atoms with Gasteiger partial charge >= 0.3 is 0 Å². The molecule has 0 atom stereocenters. The topological polar surface area (TPSA) is 85.5 Å². The smallest absolute Gasteiger partial charge is 0.289 e. The molecule has 1 aliphatic rings. The molecule has 5 nitrogen and oxygen atoms in total. The number of nitrogens with two attached hydrogens (primary N) is 2. The average Bonchev–Trinajstić information content (AvgIpc) is 2.97. The Labute approximate surface area is 100 Å². The first-order valence-corrected chi connectivity index (χ1v) is 5.58. The van der Waals surface area contributed by atoms with Crippen molar-refractivity contribution in [1.82, 2.24) is 4.90 Å². The third-order valence-corrected chi connectivity index (χ3v) is 2.84. The number of hydrogen-bond acceptors (Lipinski definition) is 4. The Balaban J connectivity index is 2.12. The summed E-state index contributed by atoms with van der Waals surface area (Å²) in [5, 5.41) is 0. The lowest BCUT2D eigenvalue weighted by molar-refractivity contribution is 0.0756. The standard InChI is InChI=1S/C12H17N3O2/c1-7(13)11-9(14)5-10(17-11)12(16)15(2)6-8-3-4-8/h5,8H,1,3-4,6,13-14H2,2H3. The lowest BCUT2D eigenvalue weighted by Gasteiger charge is -2.14. The van der Waals surface area contributed by atoms with E-state index in [1.54, 1.807) is 11.9 Å². The highest BCUT2D eigenvalue weighted by atomic mass is 16.4. The maximum Gasteiger partial charge on any atom is 0.289 e. The van der Waals surface area contributed by atoms with Crippen LogP contribution >= 0.6 is 0 Å². The quantitative estimate of drug-likeness (QED) is 0.823. The Bertz CT molecular complexity index is 460. The van der Waals surface area contributed by atoms with Crippen LogP contribution in [0.3, 0.4) is 0 Å². The Morgan fingerprint density at radius 1 is 1.65 bits per heavy atom. The second-order valence-electron chi connectivity index (χ2n) is 4.55. The Morgan fingerprint density at radius 2 is 2.29 bits per heavy atom. The van der Waals surface area contributed by atoms with Crippen molar-refractivity contribution < 1.29 is 9.21 Å². The van der Waals surface area contributed by atoms with Gasteiger partial charge in [0.15, 0.2) is 11.5 Å².